The Kier molecular flexibility index (Phi) is 3.29. The number of phenols is 1. The Balaban J connectivity index is 2.57. The Bertz CT molecular complexity index is 925. The maximum atomic E-state index is 12.8. The minimum Gasteiger partial charge on any atom is -0.507 e. The highest BCUT2D eigenvalue weighted by Crippen LogP contribution is 2.36. The predicted octanol–water partition coefficient (Wildman–Crippen LogP) is 2.68. The van der Waals surface area contributed by atoms with E-state index in [4.69, 9.17) is 18.6 Å². The van der Waals surface area contributed by atoms with Gasteiger partial charge in [0.25, 0.3) is 0 Å². The number of rotatable bonds is 3. The van der Waals surface area contributed by atoms with Crippen LogP contribution in [0.25, 0.3) is 21.9 Å². The van der Waals surface area contributed by atoms with Gasteiger partial charge in [0.2, 0.25) is 5.43 Å². The average Bonchev–Trinajstić information content (AvgIpc) is 2.53. The van der Waals surface area contributed by atoms with Crippen molar-refractivity contribution in [2.24, 2.45) is 0 Å². The van der Waals surface area contributed by atoms with Crippen LogP contribution >= 0.6 is 0 Å². The molecule has 1 aromatic heterocycles. The van der Waals surface area contributed by atoms with E-state index in [1.165, 1.54) is 33.5 Å². The Morgan fingerprint density at radius 1 is 0.955 bits per heavy atom. The number of benzene rings is 2. The molecule has 0 atom stereocenters. The maximum absolute atomic E-state index is 12.8. The summed E-state index contributed by atoms with van der Waals surface area (Å²) in [5, 5.41) is 10.3. The molecule has 6 heteroatoms. The maximum Gasteiger partial charge on any atom is 0.208 e. The van der Waals surface area contributed by atoms with Crippen LogP contribution in [0.1, 0.15) is 0 Å². The molecule has 114 valence electrons. The standard InChI is InChI=1S/C16H14O6/c1-19-8-6-11(21-3)14-12(7-8)22-16-10(20-2)5-4-9(17)13(16)15(14)18/h4-7,17H,1-3H3. The summed E-state index contributed by atoms with van der Waals surface area (Å²) in [5.41, 5.74) is 0.0695. The fraction of sp³-hybridized carbons (Fsp3) is 0.188. The number of hydrogen-bond donors (Lipinski definition) is 1. The molecular formula is C16H14O6. The molecule has 22 heavy (non-hydrogen) atoms. The summed E-state index contributed by atoms with van der Waals surface area (Å²) < 4.78 is 21.4. The molecule has 1 N–H and O–H groups in total. The molecule has 0 saturated carbocycles. The Morgan fingerprint density at radius 3 is 2.32 bits per heavy atom. The van der Waals surface area contributed by atoms with E-state index < -0.39 is 5.43 Å². The third kappa shape index (κ3) is 1.92. The summed E-state index contributed by atoms with van der Waals surface area (Å²) >= 11 is 0. The first-order chi connectivity index (χ1) is 10.6. The molecule has 0 fully saturated rings. The van der Waals surface area contributed by atoms with Crippen molar-refractivity contribution in [2.75, 3.05) is 21.3 Å². The highest BCUT2D eigenvalue weighted by atomic mass is 16.5. The summed E-state index contributed by atoms with van der Waals surface area (Å²) in [6, 6.07) is 6.09. The zero-order chi connectivity index (χ0) is 15.9. The Hall–Kier alpha value is -2.89. The molecule has 0 unspecified atom stereocenters. The molecule has 0 amide bonds. The SMILES string of the molecule is COc1cc(OC)c2c(=O)c3c(O)ccc(OC)c3oc2c1. The molecule has 6 nitrogen and oxygen atoms in total. The fourth-order valence-electron chi connectivity index (χ4n) is 2.42. The molecule has 2 aromatic carbocycles. The van der Waals surface area contributed by atoms with Crippen molar-refractivity contribution in [3.63, 3.8) is 0 Å². The number of methoxy groups -OCH3 is 3. The van der Waals surface area contributed by atoms with Crippen molar-refractivity contribution in [1.82, 2.24) is 0 Å². The van der Waals surface area contributed by atoms with E-state index in [2.05, 4.69) is 0 Å². The molecule has 3 rings (SSSR count). The summed E-state index contributed by atoms with van der Waals surface area (Å²) in [4.78, 5) is 12.8. The first kappa shape index (κ1) is 14.1. The molecule has 0 spiro atoms. The van der Waals surface area contributed by atoms with Crippen LogP contribution < -0.4 is 19.6 Å². The van der Waals surface area contributed by atoms with Crippen LogP contribution in [0, 0.1) is 0 Å². The van der Waals surface area contributed by atoms with Crippen molar-refractivity contribution in [2.45, 2.75) is 0 Å². The van der Waals surface area contributed by atoms with E-state index in [1.54, 1.807) is 12.1 Å². The lowest BCUT2D eigenvalue weighted by Crippen LogP contribution is -2.05. The second-order valence-electron chi connectivity index (χ2n) is 4.63. The van der Waals surface area contributed by atoms with Gasteiger partial charge in [-0.25, -0.2) is 0 Å². The Morgan fingerprint density at radius 2 is 1.68 bits per heavy atom. The van der Waals surface area contributed by atoms with Crippen LogP contribution in [0.2, 0.25) is 0 Å². The number of phenolic OH excluding ortho intramolecular Hbond substituents is 1. The minimum absolute atomic E-state index is 0.0512. The number of fused-ring (bicyclic) bond motifs is 2. The van der Waals surface area contributed by atoms with Gasteiger partial charge in [0.15, 0.2) is 11.3 Å². The van der Waals surface area contributed by atoms with Gasteiger partial charge in [-0.2, -0.15) is 0 Å². The van der Waals surface area contributed by atoms with Gasteiger partial charge in [-0.15, -0.1) is 0 Å². The molecule has 3 aromatic rings. The molecule has 0 radical (unpaired) electrons. The van der Waals surface area contributed by atoms with Crippen molar-refractivity contribution >= 4 is 21.9 Å². The predicted molar refractivity (Wildman–Crippen MR) is 81.3 cm³/mol. The van der Waals surface area contributed by atoms with Gasteiger partial charge in [0.1, 0.15) is 33.6 Å². The van der Waals surface area contributed by atoms with Crippen LogP contribution in [0.4, 0.5) is 0 Å². The summed E-state index contributed by atoms with van der Waals surface area (Å²) in [6.45, 7) is 0. The largest absolute Gasteiger partial charge is 0.507 e. The zero-order valence-corrected chi connectivity index (χ0v) is 12.3. The topological polar surface area (TPSA) is 78.1 Å². The molecule has 1 heterocycles. The monoisotopic (exact) mass is 302 g/mol. The second kappa shape index (κ2) is 5.14. The van der Waals surface area contributed by atoms with Crippen molar-refractivity contribution in [3.8, 4) is 23.0 Å². The molecule has 0 bridgehead atoms. The van der Waals surface area contributed by atoms with Gasteiger partial charge in [-0.3, -0.25) is 4.79 Å². The highest BCUT2D eigenvalue weighted by Gasteiger charge is 2.19. The molecule has 0 aliphatic rings. The summed E-state index contributed by atoms with van der Waals surface area (Å²) in [5.74, 6) is 0.982. The molecular weight excluding hydrogens is 288 g/mol. The van der Waals surface area contributed by atoms with Crippen molar-refractivity contribution in [3.05, 3.63) is 34.5 Å². The third-order valence-corrected chi connectivity index (χ3v) is 3.48. The lowest BCUT2D eigenvalue weighted by atomic mass is 10.1. The van der Waals surface area contributed by atoms with Crippen LogP contribution in [0.5, 0.6) is 23.0 Å². The first-order valence-corrected chi connectivity index (χ1v) is 6.49. The van der Waals surface area contributed by atoms with E-state index >= 15 is 0 Å². The normalized spacial score (nSPS) is 10.9. The van der Waals surface area contributed by atoms with E-state index in [-0.39, 0.29) is 27.7 Å². The minimum atomic E-state index is -0.396. The van der Waals surface area contributed by atoms with E-state index in [9.17, 15) is 9.90 Å². The van der Waals surface area contributed by atoms with Gasteiger partial charge in [-0.05, 0) is 12.1 Å². The third-order valence-electron chi connectivity index (χ3n) is 3.48. The van der Waals surface area contributed by atoms with E-state index in [0.29, 0.717) is 17.2 Å². The Labute approximate surface area is 125 Å². The van der Waals surface area contributed by atoms with Gasteiger partial charge >= 0.3 is 0 Å². The summed E-state index contributed by atoms with van der Waals surface area (Å²) in [7, 11) is 4.41. The van der Waals surface area contributed by atoms with Crippen molar-refractivity contribution < 1.29 is 23.7 Å². The molecule has 0 aliphatic heterocycles. The average molecular weight is 302 g/mol. The number of ether oxygens (including phenoxy) is 3. The van der Waals surface area contributed by atoms with Crippen LogP contribution in [0.15, 0.2) is 33.5 Å². The number of hydrogen-bond acceptors (Lipinski definition) is 6. The number of aromatic hydroxyl groups is 1. The highest BCUT2D eigenvalue weighted by molar-refractivity contribution is 5.98. The zero-order valence-electron chi connectivity index (χ0n) is 12.3. The van der Waals surface area contributed by atoms with Gasteiger partial charge in [0.05, 0.1) is 21.3 Å². The second-order valence-corrected chi connectivity index (χ2v) is 4.63. The van der Waals surface area contributed by atoms with Gasteiger partial charge in [0, 0.05) is 12.1 Å². The summed E-state index contributed by atoms with van der Waals surface area (Å²) in [6.07, 6.45) is 0. The van der Waals surface area contributed by atoms with Gasteiger partial charge in [-0.1, -0.05) is 0 Å². The molecule has 0 aliphatic carbocycles. The first-order valence-electron chi connectivity index (χ1n) is 6.49. The smallest absolute Gasteiger partial charge is 0.208 e. The fourth-order valence-corrected chi connectivity index (χ4v) is 2.42. The lowest BCUT2D eigenvalue weighted by Gasteiger charge is -2.11. The van der Waals surface area contributed by atoms with E-state index in [1.807, 2.05) is 0 Å². The van der Waals surface area contributed by atoms with Crippen LogP contribution in [0.3, 0.4) is 0 Å². The van der Waals surface area contributed by atoms with Crippen molar-refractivity contribution in [1.29, 1.82) is 0 Å². The van der Waals surface area contributed by atoms with Crippen LogP contribution in [-0.2, 0) is 0 Å². The van der Waals surface area contributed by atoms with E-state index in [0.717, 1.165) is 0 Å². The van der Waals surface area contributed by atoms with Gasteiger partial charge < -0.3 is 23.7 Å². The van der Waals surface area contributed by atoms with Crippen LogP contribution in [-0.4, -0.2) is 26.4 Å². The lowest BCUT2D eigenvalue weighted by molar-refractivity contribution is 0.395. The molecule has 0 saturated heterocycles. The quantitative estimate of drug-likeness (QED) is 0.749.